The van der Waals surface area contributed by atoms with E-state index < -0.39 is 0 Å². The van der Waals surface area contributed by atoms with Gasteiger partial charge >= 0.3 is 0 Å². The molecule has 140 valence electrons. The fourth-order valence-corrected chi connectivity index (χ4v) is 3.59. The minimum absolute atomic E-state index is 0.663. The van der Waals surface area contributed by atoms with Crippen molar-refractivity contribution in [2.24, 2.45) is 9.98 Å². The summed E-state index contributed by atoms with van der Waals surface area (Å²) in [6.45, 7) is 4.15. The van der Waals surface area contributed by atoms with Crippen molar-refractivity contribution >= 4 is 39.8 Å². The standard InChI is InChI=1S/C21H23ClN4S/c1-6-14-11-18-16(12-23-14)20(15-9-7-8-10-17(15)22)25-19(13(2)26(3)4)21(24-18)27-5/h7-12H,6H2,1-5H3/b19-13-. The summed E-state index contributed by atoms with van der Waals surface area (Å²) in [5.41, 5.74) is 6.37. The Morgan fingerprint density at radius 1 is 1.15 bits per heavy atom. The Morgan fingerprint density at radius 2 is 1.89 bits per heavy atom. The molecule has 0 fully saturated rings. The summed E-state index contributed by atoms with van der Waals surface area (Å²) in [5.74, 6) is 0. The molecule has 0 spiro atoms. The van der Waals surface area contributed by atoms with E-state index in [1.807, 2.05) is 56.9 Å². The maximum atomic E-state index is 6.53. The molecule has 0 radical (unpaired) electrons. The smallest absolute Gasteiger partial charge is 0.124 e. The second-order valence-electron chi connectivity index (χ2n) is 6.44. The molecular weight excluding hydrogens is 376 g/mol. The number of halogens is 1. The first-order valence-corrected chi connectivity index (χ1v) is 10.4. The number of allylic oxidation sites excluding steroid dienone is 1. The molecule has 2 heterocycles. The van der Waals surface area contributed by atoms with Crippen LogP contribution in [0.15, 0.2) is 57.9 Å². The SMILES string of the molecule is CCc1cc2c(cn1)C(c1ccccc1Cl)=N/C(=C(/C)N(C)C)C(SC)=N2. The summed E-state index contributed by atoms with van der Waals surface area (Å²) in [6.07, 6.45) is 4.75. The van der Waals surface area contributed by atoms with E-state index >= 15 is 0 Å². The number of nitrogens with zero attached hydrogens (tertiary/aromatic N) is 4. The Kier molecular flexibility index (Phi) is 6.02. The number of benzene rings is 1. The van der Waals surface area contributed by atoms with Crippen molar-refractivity contribution in [3.05, 3.63) is 69.8 Å². The van der Waals surface area contributed by atoms with Crippen LogP contribution < -0.4 is 0 Å². The lowest BCUT2D eigenvalue weighted by atomic mass is 10.0. The van der Waals surface area contributed by atoms with Gasteiger partial charge in [-0.15, -0.1) is 11.8 Å². The number of aromatic nitrogens is 1. The summed E-state index contributed by atoms with van der Waals surface area (Å²) in [5, 5.41) is 1.55. The molecule has 1 aliphatic rings. The highest BCUT2D eigenvalue weighted by molar-refractivity contribution is 8.13. The first-order chi connectivity index (χ1) is 13.0. The van der Waals surface area contributed by atoms with Crippen LogP contribution in [0.4, 0.5) is 5.69 Å². The van der Waals surface area contributed by atoms with Gasteiger partial charge in [-0.05, 0) is 31.7 Å². The predicted octanol–water partition coefficient (Wildman–Crippen LogP) is 5.33. The zero-order chi connectivity index (χ0) is 19.6. The highest BCUT2D eigenvalue weighted by Gasteiger charge is 2.23. The number of aryl methyl sites for hydroxylation is 1. The lowest BCUT2D eigenvalue weighted by Crippen LogP contribution is -2.14. The van der Waals surface area contributed by atoms with E-state index in [0.717, 1.165) is 51.1 Å². The summed E-state index contributed by atoms with van der Waals surface area (Å²) in [7, 11) is 4.03. The van der Waals surface area contributed by atoms with Gasteiger partial charge in [0, 0.05) is 47.8 Å². The molecular formula is C21H23ClN4S. The molecule has 4 nitrogen and oxygen atoms in total. The van der Waals surface area contributed by atoms with E-state index in [4.69, 9.17) is 21.6 Å². The molecule has 0 bridgehead atoms. The van der Waals surface area contributed by atoms with Crippen molar-refractivity contribution in [1.29, 1.82) is 0 Å². The first kappa shape index (κ1) is 19.6. The van der Waals surface area contributed by atoms with Crippen LogP contribution in [0.25, 0.3) is 0 Å². The highest BCUT2D eigenvalue weighted by atomic mass is 35.5. The maximum absolute atomic E-state index is 6.53. The summed E-state index contributed by atoms with van der Waals surface area (Å²) in [6, 6.07) is 9.82. The van der Waals surface area contributed by atoms with Crippen LogP contribution in [-0.4, -0.2) is 41.0 Å². The minimum atomic E-state index is 0.663. The van der Waals surface area contributed by atoms with Gasteiger partial charge in [0.15, 0.2) is 0 Å². The average Bonchev–Trinajstić information content (AvgIpc) is 2.83. The van der Waals surface area contributed by atoms with Gasteiger partial charge in [0.05, 0.1) is 11.4 Å². The fraction of sp³-hybridized carbons (Fsp3) is 0.286. The Balaban J connectivity index is 2.37. The monoisotopic (exact) mass is 398 g/mol. The summed E-state index contributed by atoms with van der Waals surface area (Å²) in [4.78, 5) is 16.7. The molecule has 0 amide bonds. The van der Waals surface area contributed by atoms with E-state index in [1.165, 1.54) is 0 Å². The normalized spacial score (nSPS) is 15.5. The molecule has 1 aromatic heterocycles. The lowest BCUT2D eigenvalue weighted by Gasteiger charge is -2.17. The van der Waals surface area contributed by atoms with Crippen LogP contribution in [-0.2, 0) is 6.42 Å². The van der Waals surface area contributed by atoms with Crippen LogP contribution in [0.3, 0.4) is 0 Å². The van der Waals surface area contributed by atoms with Crippen LogP contribution >= 0.6 is 23.4 Å². The summed E-state index contributed by atoms with van der Waals surface area (Å²) >= 11 is 8.12. The molecule has 3 rings (SSSR count). The maximum Gasteiger partial charge on any atom is 0.124 e. The molecule has 2 aromatic rings. The van der Waals surface area contributed by atoms with Crippen LogP contribution in [0.2, 0.25) is 5.02 Å². The van der Waals surface area contributed by atoms with E-state index in [1.54, 1.807) is 11.8 Å². The molecule has 0 saturated heterocycles. The predicted molar refractivity (Wildman–Crippen MR) is 118 cm³/mol. The van der Waals surface area contributed by atoms with Gasteiger partial charge in [0.2, 0.25) is 0 Å². The van der Waals surface area contributed by atoms with Gasteiger partial charge in [-0.1, -0.05) is 36.7 Å². The third kappa shape index (κ3) is 3.94. The number of fused-ring (bicyclic) bond motifs is 1. The number of thioether (sulfide) groups is 1. The third-order valence-electron chi connectivity index (χ3n) is 4.54. The number of hydrogen-bond acceptors (Lipinski definition) is 5. The molecule has 0 aliphatic carbocycles. The quantitative estimate of drug-likeness (QED) is 0.701. The van der Waals surface area contributed by atoms with Crippen molar-refractivity contribution in [3.8, 4) is 0 Å². The van der Waals surface area contributed by atoms with E-state index in [9.17, 15) is 0 Å². The van der Waals surface area contributed by atoms with Crippen molar-refractivity contribution < 1.29 is 0 Å². The van der Waals surface area contributed by atoms with Crippen molar-refractivity contribution in [2.75, 3.05) is 20.4 Å². The molecule has 27 heavy (non-hydrogen) atoms. The first-order valence-electron chi connectivity index (χ1n) is 8.80. The molecule has 0 saturated carbocycles. The van der Waals surface area contributed by atoms with Crippen LogP contribution in [0.5, 0.6) is 0 Å². The van der Waals surface area contributed by atoms with Gasteiger partial charge in [-0.3, -0.25) is 4.98 Å². The largest absolute Gasteiger partial charge is 0.379 e. The number of hydrogen-bond donors (Lipinski definition) is 0. The molecule has 1 aromatic carbocycles. The van der Waals surface area contributed by atoms with Gasteiger partial charge in [0.25, 0.3) is 0 Å². The molecule has 0 N–H and O–H groups in total. The number of aliphatic imine (C=N–C) groups is 2. The van der Waals surface area contributed by atoms with E-state index in [2.05, 4.69) is 23.7 Å². The zero-order valence-corrected chi connectivity index (χ0v) is 17.8. The Hall–Kier alpha value is -2.11. The second-order valence-corrected chi connectivity index (χ2v) is 7.64. The average molecular weight is 399 g/mol. The highest BCUT2D eigenvalue weighted by Crippen LogP contribution is 2.33. The van der Waals surface area contributed by atoms with Gasteiger partial charge < -0.3 is 4.90 Å². The second kappa shape index (κ2) is 8.28. The number of pyridine rings is 1. The third-order valence-corrected chi connectivity index (χ3v) is 5.54. The fourth-order valence-electron chi connectivity index (χ4n) is 2.79. The van der Waals surface area contributed by atoms with Gasteiger partial charge in [-0.25, -0.2) is 9.98 Å². The van der Waals surface area contributed by atoms with Crippen molar-refractivity contribution in [3.63, 3.8) is 0 Å². The molecule has 1 aliphatic heterocycles. The van der Waals surface area contributed by atoms with Gasteiger partial charge in [0.1, 0.15) is 10.7 Å². The lowest BCUT2D eigenvalue weighted by molar-refractivity contribution is 0.509. The van der Waals surface area contributed by atoms with Crippen molar-refractivity contribution in [1.82, 2.24) is 9.88 Å². The Labute approximate surface area is 170 Å². The Morgan fingerprint density at radius 3 is 2.52 bits per heavy atom. The summed E-state index contributed by atoms with van der Waals surface area (Å²) < 4.78 is 0. The van der Waals surface area contributed by atoms with Crippen molar-refractivity contribution in [2.45, 2.75) is 20.3 Å². The molecule has 0 unspecified atom stereocenters. The Bertz CT molecular complexity index is 960. The van der Waals surface area contributed by atoms with Gasteiger partial charge in [-0.2, -0.15) is 0 Å². The van der Waals surface area contributed by atoms with E-state index in [-0.39, 0.29) is 0 Å². The van der Waals surface area contributed by atoms with E-state index in [0.29, 0.717) is 5.02 Å². The minimum Gasteiger partial charge on any atom is -0.379 e. The molecule has 0 atom stereocenters. The van der Waals surface area contributed by atoms with Crippen LogP contribution in [0.1, 0.15) is 30.7 Å². The number of rotatable bonds is 3. The topological polar surface area (TPSA) is 40.9 Å². The zero-order valence-electron chi connectivity index (χ0n) is 16.2. The molecule has 6 heteroatoms. The van der Waals surface area contributed by atoms with Crippen LogP contribution in [0, 0.1) is 0 Å².